The third-order valence-electron chi connectivity index (χ3n) is 7.19. The Balaban J connectivity index is 1.96. The Morgan fingerprint density at radius 2 is 1.87 bits per heavy atom. The lowest BCUT2D eigenvalue weighted by molar-refractivity contribution is -0.113. The maximum Gasteiger partial charge on any atom is 0.338 e. The zero-order chi connectivity index (χ0) is 22.3. The lowest BCUT2D eigenvalue weighted by atomic mass is 9.67. The molecule has 3 rings (SSSR count). The summed E-state index contributed by atoms with van der Waals surface area (Å²) >= 11 is 0. The summed E-state index contributed by atoms with van der Waals surface area (Å²) in [6.45, 7) is 7.91. The van der Waals surface area contributed by atoms with Gasteiger partial charge in [0, 0.05) is 24.2 Å². The van der Waals surface area contributed by atoms with E-state index in [1.54, 1.807) is 18.2 Å². The summed E-state index contributed by atoms with van der Waals surface area (Å²) in [5.41, 5.74) is -0.241. The van der Waals surface area contributed by atoms with Gasteiger partial charge in [0.2, 0.25) is 0 Å². The second-order valence-electron chi connectivity index (χ2n) is 9.32. The third-order valence-corrected chi connectivity index (χ3v) is 7.19. The van der Waals surface area contributed by atoms with Crippen LogP contribution in [0.2, 0.25) is 0 Å². The van der Waals surface area contributed by atoms with Gasteiger partial charge in [0.1, 0.15) is 6.10 Å². The molecule has 0 spiro atoms. The van der Waals surface area contributed by atoms with E-state index >= 15 is 0 Å². The van der Waals surface area contributed by atoms with Crippen LogP contribution in [0.1, 0.15) is 57.3 Å². The van der Waals surface area contributed by atoms with E-state index in [4.69, 9.17) is 14.2 Å². The molecule has 166 valence electrons. The van der Waals surface area contributed by atoms with Crippen molar-refractivity contribution in [2.75, 3.05) is 14.2 Å². The van der Waals surface area contributed by atoms with E-state index < -0.39 is 29.2 Å². The second kappa shape index (κ2) is 8.23. The number of allylic oxidation sites excluding steroid dienone is 1. The van der Waals surface area contributed by atoms with Gasteiger partial charge in [-0.05, 0) is 37.5 Å². The molecule has 0 radical (unpaired) electrons. The zero-order valence-electron chi connectivity index (χ0n) is 18.8. The van der Waals surface area contributed by atoms with Crippen LogP contribution in [0.5, 0.6) is 11.5 Å². The fourth-order valence-electron chi connectivity index (χ4n) is 5.24. The standard InChI is InChI=1S/C24H34O6/c1-14(2)24(27)13-20(25)23(4)10-9-15(3)11-19(21(23)24)30-22(26)16-7-8-17(28-5)18(12-16)29-6/h7-9,12,14,19-21,25,27H,10-11,13H2,1-6H3/t19-,20-,21+,23-,24+/m1/s1. The zero-order valence-corrected chi connectivity index (χ0v) is 18.8. The molecule has 0 heterocycles. The van der Waals surface area contributed by atoms with Gasteiger partial charge in [0.25, 0.3) is 0 Å². The van der Waals surface area contributed by atoms with Crippen molar-refractivity contribution >= 4 is 5.97 Å². The number of aliphatic hydroxyl groups excluding tert-OH is 1. The number of ether oxygens (including phenoxy) is 3. The van der Waals surface area contributed by atoms with Crippen molar-refractivity contribution in [3.05, 3.63) is 35.4 Å². The van der Waals surface area contributed by atoms with Gasteiger partial charge in [-0.1, -0.05) is 32.4 Å². The van der Waals surface area contributed by atoms with Crippen molar-refractivity contribution in [3.63, 3.8) is 0 Å². The van der Waals surface area contributed by atoms with Crippen LogP contribution >= 0.6 is 0 Å². The molecule has 1 aromatic rings. The Morgan fingerprint density at radius 3 is 2.47 bits per heavy atom. The van der Waals surface area contributed by atoms with E-state index in [9.17, 15) is 15.0 Å². The summed E-state index contributed by atoms with van der Waals surface area (Å²) in [6.07, 6.45) is 2.35. The Hall–Kier alpha value is -2.05. The number of carbonyl (C=O) groups excluding carboxylic acids is 1. The smallest absolute Gasteiger partial charge is 0.338 e. The van der Waals surface area contributed by atoms with E-state index in [1.165, 1.54) is 14.2 Å². The number of hydrogen-bond acceptors (Lipinski definition) is 6. The summed E-state index contributed by atoms with van der Waals surface area (Å²) in [7, 11) is 3.05. The van der Waals surface area contributed by atoms with Crippen LogP contribution in [0.4, 0.5) is 0 Å². The Bertz CT molecular complexity index is 831. The summed E-state index contributed by atoms with van der Waals surface area (Å²) in [4.78, 5) is 13.1. The first kappa shape index (κ1) is 22.6. The molecule has 2 aliphatic rings. The van der Waals surface area contributed by atoms with Crippen molar-refractivity contribution in [3.8, 4) is 11.5 Å². The van der Waals surface area contributed by atoms with Crippen molar-refractivity contribution in [2.24, 2.45) is 17.3 Å². The van der Waals surface area contributed by atoms with Gasteiger partial charge in [-0.25, -0.2) is 4.79 Å². The molecule has 6 heteroatoms. The molecule has 0 aliphatic heterocycles. The van der Waals surface area contributed by atoms with Crippen LogP contribution in [0, 0.1) is 17.3 Å². The number of fused-ring (bicyclic) bond motifs is 1. The minimum absolute atomic E-state index is 0.0836. The average Bonchev–Trinajstić information content (AvgIpc) is 2.82. The molecule has 1 aromatic carbocycles. The molecule has 30 heavy (non-hydrogen) atoms. The second-order valence-corrected chi connectivity index (χ2v) is 9.32. The molecule has 0 bridgehead atoms. The maximum absolute atomic E-state index is 13.1. The monoisotopic (exact) mass is 418 g/mol. The normalized spacial score (nSPS) is 33.5. The lowest BCUT2D eigenvalue weighted by Crippen LogP contribution is -2.50. The van der Waals surface area contributed by atoms with Crippen molar-refractivity contribution < 1.29 is 29.2 Å². The molecule has 1 fully saturated rings. The highest BCUT2D eigenvalue weighted by atomic mass is 16.5. The molecule has 0 saturated heterocycles. The van der Waals surface area contributed by atoms with Crippen LogP contribution in [0.15, 0.2) is 29.8 Å². The van der Waals surface area contributed by atoms with Gasteiger partial charge < -0.3 is 24.4 Å². The van der Waals surface area contributed by atoms with Crippen LogP contribution in [-0.2, 0) is 4.74 Å². The lowest BCUT2D eigenvalue weighted by Gasteiger charge is -2.43. The summed E-state index contributed by atoms with van der Waals surface area (Å²) < 4.78 is 16.6. The van der Waals surface area contributed by atoms with Gasteiger partial charge in [-0.2, -0.15) is 0 Å². The van der Waals surface area contributed by atoms with Crippen molar-refractivity contribution in [1.29, 1.82) is 0 Å². The van der Waals surface area contributed by atoms with Gasteiger partial charge in [0.05, 0.1) is 31.5 Å². The molecule has 0 unspecified atom stereocenters. The van der Waals surface area contributed by atoms with E-state index in [0.717, 1.165) is 5.57 Å². The Labute approximate surface area is 178 Å². The number of esters is 1. The summed E-state index contributed by atoms with van der Waals surface area (Å²) in [6, 6.07) is 4.90. The fraction of sp³-hybridized carbons (Fsp3) is 0.625. The summed E-state index contributed by atoms with van der Waals surface area (Å²) in [5.74, 6) is 0.0367. The van der Waals surface area contributed by atoms with Crippen LogP contribution in [0.25, 0.3) is 0 Å². The predicted molar refractivity (Wildman–Crippen MR) is 114 cm³/mol. The number of methoxy groups -OCH3 is 2. The third kappa shape index (κ3) is 3.71. The van der Waals surface area contributed by atoms with Crippen molar-refractivity contribution in [2.45, 2.75) is 64.8 Å². The van der Waals surface area contributed by atoms with E-state index in [-0.39, 0.29) is 18.3 Å². The van der Waals surface area contributed by atoms with E-state index in [1.807, 2.05) is 27.7 Å². The Morgan fingerprint density at radius 1 is 1.20 bits per heavy atom. The first-order chi connectivity index (χ1) is 14.1. The molecule has 0 aromatic heterocycles. The molecule has 0 amide bonds. The molecule has 5 atom stereocenters. The quantitative estimate of drug-likeness (QED) is 0.560. The summed E-state index contributed by atoms with van der Waals surface area (Å²) in [5, 5.41) is 22.5. The predicted octanol–water partition coefficient (Wildman–Crippen LogP) is 3.74. The number of carbonyl (C=O) groups is 1. The highest BCUT2D eigenvalue weighted by molar-refractivity contribution is 5.90. The van der Waals surface area contributed by atoms with Crippen LogP contribution < -0.4 is 9.47 Å². The number of rotatable bonds is 5. The van der Waals surface area contributed by atoms with Gasteiger partial charge in [0.15, 0.2) is 11.5 Å². The number of hydrogen-bond donors (Lipinski definition) is 2. The molecule has 2 N–H and O–H groups in total. The van der Waals surface area contributed by atoms with Gasteiger partial charge in [-0.3, -0.25) is 0 Å². The van der Waals surface area contributed by atoms with Gasteiger partial charge >= 0.3 is 5.97 Å². The first-order valence-electron chi connectivity index (χ1n) is 10.6. The fourth-order valence-corrected chi connectivity index (χ4v) is 5.24. The maximum atomic E-state index is 13.1. The molecular formula is C24H34O6. The SMILES string of the molecule is COc1ccc(C(=O)O[C@@H]2CC(C)=CC[C@]3(C)[C@H](O)C[C@](O)(C(C)C)[C@@H]23)cc1OC. The largest absolute Gasteiger partial charge is 0.493 e. The van der Waals surface area contributed by atoms with Crippen LogP contribution in [-0.4, -0.2) is 48.2 Å². The number of aliphatic hydroxyl groups is 2. The van der Waals surface area contributed by atoms with E-state index in [2.05, 4.69) is 6.08 Å². The topological polar surface area (TPSA) is 85.2 Å². The highest BCUT2D eigenvalue weighted by Crippen LogP contribution is 2.58. The molecule has 2 aliphatic carbocycles. The molecule has 6 nitrogen and oxygen atoms in total. The van der Waals surface area contributed by atoms with Gasteiger partial charge in [-0.15, -0.1) is 0 Å². The first-order valence-corrected chi connectivity index (χ1v) is 10.6. The minimum atomic E-state index is -1.12. The highest BCUT2D eigenvalue weighted by Gasteiger charge is 2.63. The molecular weight excluding hydrogens is 384 g/mol. The number of benzene rings is 1. The minimum Gasteiger partial charge on any atom is -0.493 e. The average molecular weight is 419 g/mol. The van der Waals surface area contributed by atoms with E-state index in [0.29, 0.717) is 29.9 Å². The van der Waals surface area contributed by atoms with Crippen LogP contribution in [0.3, 0.4) is 0 Å². The Kier molecular flexibility index (Phi) is 6.21. The van der Waals surface area contributed by atoms with Crippen molar-refractivity contribution in [1.82, 2.24) is 0 Å². The molecule has 1 saturated carbocycles.